The second-order valence-electron chi connectivity index (χ2n) is 2.67. The van der Waals surface area contributed by atoms with Crippen molar-refractivity contribution < 1.29 is 4.39 Å². The molecular formula is C7H15FN2. The maximum atomic E-state index is 12.9. The predicted octanol–water partition coefficient (Wildman–Crippen LogP) is 0.296. The third-order valence-electron chi connectivity index (χ3n) is 1.86. The summed E-state index contributed by atoms with van der Waals surface area (Å²) in [5, 5.41) is 6.24. The molecule has 0 bridgehead atoms. The van der Waals surface area contributed by atoms with Crippen LogP contribution in [0.4, 0.5) is 4.39 Å². The van der Waals surface area contributed by atoms with Gasteiger partial charge in [0.15, 0.2) is 0 Å². The molecule has 0 amide bonds. The van der Waals surface area contributed by atoms with Crippen LogP contribution in [0.1, 0.15) is 13.3 Å². The van der Waals surface area contributed by atoms with Crippen LogP contribution in [0.3, 0.4) is 0 Å². The highest BCUT2D eigenvalue weighted by Gasteiger charge is 2.22. The molecule has 1 aliphatic rings. The Kier molecular flexibility index (Phi) is 3.09. The van der Waals surface area contributed by atoms with E-state index < -0.39 is 6.17 Å². The van der Waals surface area contributed by atoms with Crippen molar-refractivity contribution in [2.24, 2.45) is 0 Å². The number of rotatable bonds is 2. The molecule has 3 heteroatoms. The molecule has 2 N–H and O–H groups in total. The Morgan fingerprint density at radius 1 is 1.70 bits per heavy atom. The van der Waals surface area contributed by atoms with E-state index in [1.54, 1.807) is 0 Å². The fourth-order valence-corrected chi connectivity index (χ4v) is 1.29. The van der Waals surface area contributed by atoms with E-state index in [1.165, 1.54) is 0 Å². The van der Waals surface area contributed by atoms with Crippen LogP contribution in [0.2, 0.25) is 0 Å². The lowest BCUT2D eigenvalue weighted by Gasteiger charge is -2.27. The van der Waals surface area contributed by atoms with Gasteiger partial charge in [0.2, 0.25) is 0 Å². The quantitative estimate of drug-likeness (QED) is 0.585. The number of piperidine rings is 1. The summed E-state index contributed by atoms with van der Waals surface area (Å²) in [6, 6.07) is 0.0405. The highest BCUT2D eigenvalue weighted by Crippen LogP contribution is 2.06. The Balaban J connectivity index is 2.25. The normalized spacial score (nSPS) is 34.2. The maximum absolute atomic E-state index is 12.9. The van der Waals surface area contributed by atoms with E-state index in [9.17, 15) is 4.39 Å². The molecule has 1 saturated heterocycles. The van der Waals surface area contributed by atoms with Crippen LogP contribution in [-0.4, -0.2) is 31.8 Å². The summed E-state index contributed by atoms with van der Waals surface area (Å²) in [6.07, 6.45) is -0.00120. The molecule has 0 aliphatic carbocycles. The van der Waals surface area contributed by atoms with Gasteiger partial charge in [0, 0.05) is 6.54 Å². The SMILES string of the molecule is CCN[C@H]1CNCC[C@@H]1F. The number of hydrogen-bond donors (Lipinski definition) is 2. The van der Waals surface area contributed by atoms with E-state index in [4.69, 9.17) is 0 Å². The van der Waals surface area contributed by atoms with Crippen LogP contribution in [0.5, 0.6) is 0 Å². The van der Waals surface area contributed by atoms with Crippen LogP contribution in [0.25, 0.3) is 0 Å². The molecule has 10 heavy (non-hydrogen) atoms. The van der Waals surface area contributed by atoms with Gasteiger partial charge in [-0.25, -0.2) is 4.39 Å². The minimum atomic E-state index is -0.652. The summed E-state index contributed by atoms with van der Waals surface area (Å²) in [5.41, 5.74) is 0. The van der Waals surface area contributed by atoms with Crippen LogP contribution >= 0.6 is 0 Å². The third kappa shape index (κ3) is 1.92. The van der Waals surface area contributed by atoms with Gasteiger partial charge in [0.05, 0.1) is 6.04 Å². The highest BCUT2D eigenvalue weighted by molar-refractivity contribution is 4.82. The van der Waals surface area contributed by atoms with Gasteiger partial charge in [-0.15, -0.1) is 0 Å². The van der Waals surface area contributed by atoms with Crippen molar-refractivity contribution in [1.82, 2.24) is 10.6 Å². The smallest absolute Gasteiger partial charge is 0.118 e. The molecule has 1 fully saturated rings. The summed E-state index contributed by atoms with van der Waals surface area (Å²) in [4.78, 5) is 0. The summed E-state index contributed by atoms with van der Waals surface area (Å²) in [5.74, 6) is 0. The first-order chi connectivity index (χ1) is 4.84. The average Bonchev–Trinajstić information content (AvgIpc) is 1.94. The Labute approximate surface area is 61.2 Å². The standard InChI is InChI=1S/C7H15FN2/c1-2-10-7-5-9-4-3-6(7)8/h6-7,9-10H,2-5H2,1H3/t6-,7-/m0/s1. The summed E-state index contributed by atoms with van der Waals surface area (Å²) in [7, 11) is 0. The van der Waals surface area contributed by atoms with E-state index >= 15 is 0 Å². The average molecular weight is 146 g/mol. The van der Waals surface area contributed by atoms with Gasteiger partial charge in [0.1, 0.15) is 6.17 Å². The largest absolute Gasteiger partial charge is 0.315 e. The van der Waals surface area contributed by atoms with E-state index in [2.05, 4.69) is 10.6 Å². The monoisotopic (exact) mass is 146 g/mol. The number of halogens is 1. The molecule has 0 unspecified atom stereocenters. The predicted molar refractivity (Wildman–Crippen MR) is 39.8 cm³/mol. The van der Waals surface area contributed by atoms with E-state index in [0.29, 0.717) is 6.42 Å². The number of hydrogen-bond acceptors (Lipinski definition) is 2. The molecule has 2 atom stereocenters. The first-order valence-electron chi connectivity index (χ1n) is 3.92. The van der Waals surface area contributed by atoms with Gasteiger partial charge < -0.3 is 10.6 Å². The summed E-state index contributed by atoms with van der Waals surface area (Å²) >= 11 is 0. The zero-order valence-corrected chi connectivity index (χ0v) is 6.36. The van der Waals surface area contributed by atoms with Gasteiger partial charge in [-0.05, 0) is 19.5 Å². The fraction of sp³-hybridized carbons (Fsp3) is 1.00. The van der Waals surface area contributed by atoms with E-state index in [1.807, 2.05) is 6.92 Å². The number of likely N-dealkylation sites (N-methyl/N-ethyl adjacent to an activating group) is 1. The molecule has 0 spiro atoms. The Morgan fingerprint density at radius 3 is 3.10 bits per heavy atom. The summed E-state index contributed by atoms with van der Waals surface area (Å²) in [6.45, 7) is 4.45. The molecule has 0 aromatic carbocycles. The maximum Gasteiger partial charge on any atom is 0.118 e. The Morgan fingerprint density at radius 2 is 2.50 bits per heavy atom. The highest BCUT2D eigenvalue weighted by atomic mass is 19.1. The molecule has 0 saturated carbocycles. The summed E-state index contributed by atoms with van der Waals surface area (Å²) < 4.78 is 12.9. The molecular weight excluding hydrogens is 131 g/mol. The molecule has 2 nitrogen and oxygen atoms in total. The molecule has 1 aliphatic heterocycles. The van der Waals surface area contributed by atoms with Crippen molar-refractivity contribution in [2.75, 3.05) is 19.6 Å². The first kappa shape index (κ1) is 7.95. The van der Waals surface area contributed by atoms with Crippen molar-refractivity contribution in [2.45, 2.75) is 25.6 Å². The topological polar surface area (TPSA) is 24.1 Å². The number of alkyl halides is 1. The molecule has 0 radical (unpaired) electrons. The van der Waals surface area contributed by atoms with Crippen LogP contribution in [-0.2, 0) is 0 Å². The van der Waals surface area contributed by atoms with Crippen LogP contribution < -0.4 is 10.6 Å². The van der Waals surface area contributed by atoms with Gasteiger partial charge in [0.25, 0.3) is 0 Å². The van der Waals surface area contributed by atoms with Gasteiger partial charge in [-0.1, -0.05) is 6.92 Å². The molecule has 1 heterocycles. The lowest BCUT2D eigenvalue weighted by atomic mass is 10.1. The van der Waals surface area contributed by atoms with Crippen molar-refractivity contribution in [1.29, 1.82) is 0 Å². The second kappa shape index (κ2) is 3.88. The van der Waals surface area contributed by atoms with E-state index in [0.717, 1.165) is 19.6 Å². The molecule has 1 rings (SSSR count). The molecule has 0 aromatic rings. The number of nitrogens with one attached hydrogen (secondary N) is 2. The molecule has 0 aromatic heterocycles. The third-order valence-corrected chi connectivity index (χ3v) is 1.86. The van der Waals surface area contributed by atoms with Gasteiger partial charge in [-0.2, -0.15) is 0 Å². The minimum Gasteiger partial charge on any atom is -0.315 e. The first-order valence-corrected chi connectivity index (χ1v) is 3.92. The fourth-order valence-electron chi connectivity index (χ4n) is 1.29. The van der Waals surface area contributed by atoms with Crippen molar-refractivity contribution >= 4 is 0 Å². The lowest BCUT2D eigenvalue weighted by molar-refractivity contribution is 0.203. The Bertz CT molecular complexity index is 95.6. The van der Waals surface area contributed by atoms with Gasteiger partial charge >= 0.3 is 0 Å². The van der Waals surface area contributed by atoms with Crippen molar-refractivity contribution in [3.63, 3.8) is 0 Å². The van der Waals surface area contributed by atoms with Crippen LogP contribution in [0.15, 0.2) is 0 Å². The zero-order valence-electron chi connectivity index (χ0n) is 6.36. The molecule has 60 valence electrons. The zero-order chi connectivity index (χ0) is 7.40. The minimum absolute atomic E-state index is 0.0405. The second-order valence-corrected chi connectivity index (χ2v) is 2.67. The van der Waals surface area contributed by atoms with Crippen molar-refractivity contribution in [3.05, 3.63) is 0 Å². The van der Waals surface area contributed by atoms with E-state index in [-0.39, 0.29) is 6.04 Å². The van der Waals surface area contributed by atoms with Crippen molar-refractivity contribution in [3.8, 4) is 0 Å². The lowest BCUT2D eigenvalue weighted by Crippen LogP contribution is -2.50. The van der Waals surface area contributed by atoms with Crippen LogP contribution in [0, 0.1) is 0 Å². The Hall–Kier alpha value is -0.150. The van der Waals surface area contributed by atoms with Gasteiger partial charge in [-0.3, -0.25) is 0 Å².